The second-order valence-electron chi connectivity index (χ2n) is 4.52. The van der Waals surface area contributed by atoms with Gasteiger partial charge in [-0.05, 0) is 37.3 Å². The summed E-state index contributed by atoms with van der Waals surface area (Å²) in [4.78, 5) is 15.9. The van der Waals surface area contributed by atoms with E-state index in [-0.39, 0.29) is 12.0 Å². The van der Waals surface area contributed by atoms with E-state index in [1.54, 1.807) is 42.7 Å². The number of nitrogens with zero attached hydrogens (tertiary/aromatic N) is 2. The molecule has 0 aliphatic carbocycles. The number of aromatic nitrogens is 1. The van der Waals surface area contributed by atoms with E-state index in [0.29, 0.717) is 23.4 Å². The zero-order valence-corrected chi connectivity index (χ0v) is 11.6. The third-order valence-corrected chi connectivity index (χ3v) is 2.78. The zero-order valence-electron chi connectivity index (χ0n) is 11.6. The molecule has 0 aliphatic rings. The van der Waals surface area contributed by atoms with Gasteiger partial charge in [-0.1, -0.05) is 6.07 Å². The number of rotatable bonds is 5. The van der Waals surface area contributed by atoms with Crippen molar-refractivity contribution in [2.24, 2.45) is 0 Å². The van der Waals surface area contributed by atoms with Crippen LogP contribution in [0.1, 0.15) is 22.8 Å². The Morgan fingerprint density at radius 1 is 1.43 bits per heavy atom. The maximum atomic E-state index is 12.0. The molecular formula is C16H15N3O2. The van der Waals surface area contributed by atoms with Crippen molar-refractivity contribution >= 4 is 5.91 Å². The van der Waals surface area contributed by atoms with Crippen molar-refractivity contribution in [2.75, 3.05) is 6.54 Å². The molecule has 2 aromatic rings. The first-order valence-corrected chi connectivity index (χ1v) is 6.54. The van der Waals surface area contributed by atoms with Gasteiger partial charge in [-0.2, -0.15) is 5.26 Å². The highest BCUT2D eigenvalue weighted by Gasteiger charge is 2.09. The third kappa shape index (κ3) is 4.32. The van der Waals surface area contributed by atoms with Gasteiger partial charge in [0.05, 0.1) is 24.4 Å². The fourth-order valence-electron chi connectivity index (χ4n) is 1.76. The first kappa shape index (κ1) is 14.5. The molecule has 1 aromatic carbocycles. The van der Waals surface area contributed by atoms with E-state index in [1.165, 1.54) is 0 Å². The minimum Gasteiger partial charge on any atom is -0.487 e. The van der Waals surface area contributed by atoms with Crippen LogP contribution >= 0.6 is 0 Å². The Morgan fingerprint density at radius 3 is 3.00 bits per heavy atom. The van der Waals surface area contributed by atoms with Crippen LogP contribution in [0.15, 0.2) is 48.8 Å². The highest BCUT2D eigenvalue weighted by atomic mass is 16.5. The molecule has 0 radical (unpaired) electrons. The highest BCUT2D eigenvalue weighted by Crippen LogP contribution is 2.09. The van der Waals surface area contributed by atoms with Crippen LogP contribution in [0.2, 0.25) is 0 Å². The van der Waals surface area contributed by atoms with Crippen LogP contribution in [0, 0.1) is 11.3 Å². The van der Waals surface area contributed by atoms with Gasteiger partial charge in [0.1, 0.15) is 11.9 Å². The molecule has 0 spiro atoms. The van der Waals surface area contributed by atoms with E-state index < -0.39 is 0 Å². The van der Waals surface area contributed by atoms with Crippen molar-refractivity contribution in [2.45, 2.75) is 13.0 Å². The molecule has 0 fully saturated rings. The summed E-state index contributed by atoms with van der Waals surface area (Å²) in [7, 11) is 0. The van der Waals surface area contributed by atoms with Gasteiger partial charge in [0.25, 0.3) is 5.91 Å². The topological polar surface area (TPSA) is 75.0 Å². The van der Waals surface area contributed by atoms with Crippen LogP contribution in [-0.2, 0) is 0 Å². The number of benzene rings is 1. The predicted molar refractivity (Wildman–Crippen MR) is 77.8 cm³/mol. The lowest BCUT2D eigenvalue weighted by Crippen LogP contribution is -2.33. The van der Waals surface area contributed by atoms with E-state index in [2.05, 4.69) is 10.3 Å². The van der Waals surface area contributed by atoms with Gasteiger partial charge in [0, 0.05) is 11.8 Å². The quantitative estimate of drug-likeness (QED) is 0.911. The van der Waals surface area contributed by atoms with Crippen molar-refractivity contribution in [3.63, 3.8) is 0 Å². The van der Waals surface area contributed by atoms with Crippen molar-refractivity contribution in [3.8, 4) is 11.8 Å². The van der Waals surface area contributed by atoms with E-state index in [0.717, 1.165) is 0 Å². The minimum absolute atomic E-state index is 0.183. The number of amides is 1. The smallest absolute Gasteiger partial charge is 0.251 e. The Labute approximate surface area is 123 Å². The summed E-state index contributed by atoms with van der Waals surface area (Å²) in [5.74, 6) is 0.430. The Hall–Kier alpha value is -2.87. The Morgan fingerprint density at radius 2 is 2.29 bits per heavy atom. The SMILES string of the molecule is C[C@H](CNC(=O)c1cccc(C#N)c1)Oc1cccnc1. The van der Waals surface area contributed by atoms with Crippen LogP contribution in [0.3, 0.4) is 0 Å². The van der Waals surface area contributed by atoms with Gasteiger partial charge in [0.2, 0.25) is 0 Å². The maximum Gasteiger partial charge on any atom is 0.251 e. The van der Waals surface area contributed by atoms with Crippen LogP contribution in [0.4, 0.5) is 0 Å². The van der Waals surface area contributed by atoms with Gasteiger partial charge >= 0.3 is 0 Å². The van der Waals surface area contributed by atoms with Crippen LogP contribution in [0.25, 0.3) is 0 Å². The monoisotopic (exact) mass is 281 g/mol. The largest absolute Gasteiger partial charge is 0.487 e. The second kappa shape index (κ2) is 7.06. The standard InChI is InChI=1S/C16H15N3O2/c1-12(21-15-6-3-7-18-11-15)10-19-16(20)14-5-2-4-13(8-14)9-17/h2-8,11-12H,10H2,1H3,(H,19,20)/t12-/m1/s1. The minimum atomic E-state index is -0.228. The van der Waals surface area contributed by atoms with Crippen molar-refractivity contribution in [3.05, 3.63) is 59.9 Å². The summed E-state index contributed by atoms with van der Waals surface area (Å²) in [6.07, 6.45) is 3.10. The Balaban J connectivity index is 1.87. The molecule has 1 aromatic heterocycles. The molecule has 1 atom stereocenters. The Kier molecular flexibility index (Phi) is 4.89. The molecule has 2 rings (SSSR count). The molecule has 5 nitrogen and oxygen atoms in total. The molecule has 0 bridgehead atoms. The number of carbonyl (C=O) groups excluding carboxylic acids is 1. The molecule has 21 heavy (non-hydrogen) atoms. The molecule has 1 heterocycles. The molecule has 0 unspecified atom stereocenters. The highest BCUT2D eigenvalue weighted by molar-refractivity contribution is 5.94. The summed E-state index contributed by atoms with van der Waals surface area (Å²) in [6, 6.07) is 12.2. The predicted octanol–water partition coefficient (Wildman–Crippen LogP) is 2.15. The average Bonchev–Trinajstić information content (AvgIpc) is 2.53. The van der Waals surface area contributed by atoms with E-state index in [4.69, 9.17) is 10.00 Å². The summed E-state index contributed by atoms with van der Waals surface area (Å²) < 4.78 is 5.62. The zero-order chi connectivity index (χ0) is 15.1. The molecule has 0 aliphatic heterocycles. The first-order valence-electron chi connectivity index (χ1n) is 6.54. The third-order valence-electron chi connectivity index (χ3n) is 2.78. The number of hydrogen-bond acceptors (Lipinski definition) is 4. The summed E-state index contributed by atoms with van der Waals surface area (Å²) in [5.41, 5.74) is 0.921. The van der Waals surface area contributed by atoms with Crippen molar-refractivity contribution in [1.29, 1.82) is 5.26 Å². The molecule has 1 amide bonds. The maximum absolute atomic E-state index is 12.0. The van der Waals surface area contributed by atoms with Gasteiger partial charge in [-0.25, -0.2) is 0 Å². The van der Waals surface area contributed by atoms with Crippen molar-refractivity contribution < 1.29 is 9.53 Å². The number of pyridine rings is 1. The number of carbonyl (C=O) groups is 1. The molecule has 106 valence electrons. The number of ether oxygens (including phenoxy) is 1. The fourth-order valence-corrected chi connectivity index (χ4v) is 1.76. The number of nitriles is 1. The summed E-state index contributed by atoms with van der Waals surface area (Å²) in [6.45, 7) is 2.23. The van der Waals surface area contributed by atoms with E-state index in [1.807, 2.05) is 19.1 Å². The summed E-state index contributed by atoms with van der Waals surface area (Å²) >= 11 is 0. The molecule has 5 heteroatoms. The molecule has 0 saturated carbocycles. The van der Waals surface area contributed by atoms with Gasteiger partial charge < -0.3 is 10.1 Å². The fraction of sp³-hybridized carbons (Fsp3) is 0.188. The number of hydrogen-bond donors (Lipinski definition) is 1. The lowest BCUT2D eigenvalue weighted by molar-refractivity contribution is 0.0932. The molecule has 0 saturated heterocycles. The first-order chi connectivity index (χ1) is 10.2. The lowest BCUT2D eigenvalue weighted by Gasteiger charge is -2.15. The van der Waals surface area contributed by atoms with Crippen LogP contribution in [-0.4, -0.2) is 23.5 Å². The van der Waals surface area contributed by atoms with Crippen LogP contribution in [0.5, 0.6) is 5.75 Å². The second-order valence-corrected chi connectivity index (χ2v) is 4.52. The summed E-state index contributed by atoms with van der Waals surface area (Å²) in [5, 5.41) is 11.6. The van der Waals surface area contributed by atoms with Gasteiger partial charge in [-0.3, -0.25) is 9.78 Å². The van der Waals surface area contributed by atoms with E-state index in [9.17, 15) is 4.79 Å². The average molecular weight is 281 g/mol. The normalized spacial score (nSPS) is 11.2. The Bertz CT molecular complexity index is 650. The van der Waals surface area contributed by atoms with Crippen molar-refractivity contribution in [1.82, 2.24) is 10.3 Å². The number of nitrogens with one attached hydrogen (secondary N) is 1. The molecular weight excluding hydrogens is 266 g/mol. The van der Waals surface area contributed by atoms with Crippen LogP contribution < -0.4 is 10.1 Å². The van der Waals surface area contributed by atoms with E-state index >= 15 is 0 Å². The van der Waals surface area contributed by atoms with Gasteiger partial charge in [-0.15, -0.1) is 0 Å². The van der Waals surface area contributed by atoms with Gasteiger partial charge in [0.15, 0.2) is 0 Å². The molecule has 1 N–H and O–H groups in total. The lowest BCUT2D eigenvalue weighted by atomic mass is 10.1.